The van der Waals surface area contributed by atoms with Gasteiger partial charge in [0.05, 0.1) is 11.1 Å². The molecule has 0 aliphatic rings. The predicted molar refractivity (Wildman–Crippen MR) is 91.5 cm³/mol. The minimum atomic E-state index is -0.492. The van der Waals surface area contributed by atoms with E-state index in [4.69, 9.17) is 9.47 Å². The second-order valence-corrected chi connectivity index (χ2v) is 5.96. The third-order valence-corrected chi connectivity index (χ3v) is 3.91. The zero-order chi connectivity index (χ0) is 16.9. The fourth-order valence-electron chi connectivity index (χ4n) is 2.31. The molecule has 120 valence electrons. The Kier molecular flexibility index (Phi) is 4.82. The van der Waals surface area contributed by atoms with Crippen LogP contribution in [0, 0.1) is 11.3 Å². The first-order valence-corrected chi connectivity index (χ1v) is 7.99. The summed E-state index contributed by atoms with van der Waals surface area (Å²) in [6.07, 6.45) is 3.63. The molecule has 24 heavy (non-hydrogen) atoms. The Morgan fingerprint density at radius 3 is 2.92 bits per heavy atom. The Morgan fingerprint density at radius 1 is 1.25 bits per heavy atom. The molecule has 6 heteroatoms. The van der Waals surface area contributed by atoms with Crippen molar-refractivity contribution in [2.75, 3.05) is 6.61 Å². The van der Waals surface area contributed by atoms with E-state index in [9.17, 15) is 10.1 Å². The highest BCUT2D eigenvalue weighted by atomic mass is 79.9. The minimum Gasteiger partial charge on any atom is -0.482 e. The Bertz CT molecular complexity index is 927. The number of carbonyl (C=O) groups excluding carboxylic acids is 1. The summed E-state index contributed by atoms with van der Waals surface area (Å²) in [5.41, 5.74) is 1.97. The Morgan fingerprint density at radius 2 is 2.12 bits per heavy atom. The molecule has 0 aliphatic carbocycles. The molecule has 0 saturated heterocycles. The standard InChI is InChI=1S/C18H13BrN2O3/c19-14-4-3-5-15(8-14)23-12-18(22)24-11-13-10-21-7-2-1-6-17(21)16(13)9-20/h1-8,10H,11-12H2. The predicted octanol–water partition coefficient (Wildman–Crippen LogP) is 3.70. The van der Waals surface area contributed by atoms with Crippen LogP contribution in [0.2, 0.25) is 0 Å². The molecule has 0 atom stereocenters. The Labute approximate surface area is 147 Å². The minimum absolute atomic E-state index is 0.0330. The van der Waals surface area contributed by atoms with Crippen molar-refractivity contribution in [3.05, 3.63) is 70.5 Å². The smallest absolute Gasteiger partial charge is 0.344 e. The highest BCUT2D eigenvalue weighted by molar-refractivity contribution is 9.10. The average Bonchev–Trinajstić information content (AvgIpc) is 2.95. The van der Waals surface area contributed by atoms with Crippen molar-refractivity contribution in [2.45, 2.75) is 6.61 Å². The second-order valence-electron chi connectivity index (χ2n) is 5.04. The van der Waals surface area contributed by atoms with E-state index in [0.717, 1.165) is 9.99 Å². The number of hydrogen-bond donors (Lipinski definition) is 0. The topological polar surface area (TPSA) is 63.7 Å². The van der Waals surface area contributed by atoms with Crippen LogP contribution >= 0.6 is 15.9 Å². The maximum atomic E-state index is 11.8. The number of fused-ring (bicyclic) bond motifs is 1. The van der Waals surface area contributed by atoms with Gasteiger partial charge in [-0.25, -0.2) is 4.79 Å². The van der Waals surface area contributed by atoms with Gasteiger partial charge >= 0.3 is 5.97 Å². The monoisotopic (exact) mass is 384 g/mol. The summed E-state index contributed by atoms with van der Waals surface area (Å²) < 4.78 is 13.3. The van der Waals surface area contributed by atoms with Crippen molar-refractivity contribution in [3.63, 3.8) is 0 Å². The molecule has 0 radical (unpaired) electrons. The SMILES string of the molecule is N#Cc1c(COC(=O)COc2cccc(Br)c2)cn2ccccc12. The third-order valence-electron chi connectivity index (χ3n) is 3.42. The molecule has 5 nitrogen and oxygen atoms in total. The van der Waals surface area contributed by atoms with Crippen molar-refractivity contribution in [3.8, 4) is 11.8 Å². The highest BCUT2D eigenvalue weighted by Gasteiger charge is 2.12. The molecule has 0 N–H and O–H groups in total. The van der Waals surface area contributed by atoms with Gasteiger partial charge in [-0.3, -0.25) is 0 Å². The van der Waals surface area contributed by atoms with Gasteiger partial charge in [0.1, 0.15) is 18.4 Å². The zero-order valence-electron chi connectivity index (χ0n) is 12.6. The van der Waals surface area contributed by atoms with Crippen LogP contribution in [0.15, 0.2) is 59.3 Å². The van der Waals surface area contributed by atoms with Gasteiger partial charge < -0.3 is 13.9 Å². The molecule has 0 spiro atoms. The number of esters is 1. The summed E-state index contributed by atoms with van der Waals surface area (Å²) in [6, 6.07) is 14.9. The summed E-state index contributed by atoms with van der Waals surface area (Å²) in [5, 5.41) is 9.32. The molecule has 0 unspecified atom stereocenters. The molecule has 2 heterocycles. The third kappa shape index (κ3) is 3.58. The van der Waals surface area contributed by atoms with Gasteiger partial charge in [0.2, 0.25) is 0 Å². The Hall–Kier alpha value is -2.78. The number of halogens is 1. The molecule has 1 aromatic carbocycles. The number of nitriles is 1. The molecule has 3 rings (SSSR count). The quantitative estimate of drug-likeness (QED) is 0.629. The van der Waals surface area contributed by atoms with Gasteiger partial charge in [-0.15, -0.1) is 0 Å². The van der Waals surface area contributed by atoms with Crippen molar-refractivity contribution in [1.82, 2.24) is 4.40 Å². The fourth-order valence-corrected chi connectivity index (χ4v) is 2.69. The molecule has 2 aromatic heterocycles. The lowest BCUT2D eigenvalue weighted by Gasteiger charge is -2.07. The average molecular weight is 385 g/mol. The van der Waals surface area contributed by atoms with Crippen LogP contribution < -0.4 is 4.74 Å². The van der Waals surface area contributed by atoms with E-state index >= 15 is 0 Å². The van der Waals surface area contributed by atoms with E-state index in [1.807, 2.05) is 40.9 Å². The zero-order valence-corrected chi connectivity index (χ0v) is 14.2. The van der Waals surface area contributed by atoms with Gasteiger partial charge in [-0.2, -0.15) is 5.26 Å². The van der Waals surface area contributed by atoms with E-state index in [1.54, 1.807) is 18.3 Å². The van der Waals surface area contributed by atoms with E-state index in [-0.39, 0.29) is 13.2 Å². The molecule has 0 bridgehead atoms. The largest absolute Gasteiger partial charge is 0.482 e. The number of pyridine rings is 1. The highest BCUT2D eigenvalue weighted by Crippen LogP contribution is 2.19. The summed E-state index contributed by atoms with van der Waals surface area (Å²) >= 11 is 3.33. The molecule has 0 amide bonds. The first kappa shape index (κ1) is 16.1. The van der Waals surface area contributed by atoms with Crippen LogP contribution in [-0.4, -0.2) is 17.0 Å². The molecule has 3 aromatic rings. The van der Waals surface area contributed by atoms with E-state index in [0.29, 0.717) is 16.9 Å². The van der Waals surface area contributed by atoms with Crippen molar-refractivity contribution in [2.24, 2.45) is 0 Å². The number of rotatable bonds is 5. The van der Waals surface area contributed by atoms with Gasteiger partial charge in [0.25, 0.3) is 0 Å². The lowest BCUT2D eigenvalue weighted by Crippen LogP contribution is -2.14. The number of aromatic nitrogens is 1. The normalized spacial score (nSPS) is 10.3. The van der Waals surface area contributed by atoms with Gasteiger partial charge in [-0.1, -0.05) is 28.1 Å². The van der Waals surface area contributed by atoms with Gasteiger partial charge in [0, 0.05) is 22.4 Å². The summed E-state index contributed by atoms with van der Waals surface area (Å²) in [7, 11) is 0. The van der Waals surface area contributed by atoms with E-state index in [2.05, 4.69) is 22.0 Å². The molecule has 0 saturated carbocycles. The molecular weight excluding hydrogens is 372 g/mol. The number of hydrogen-bond acceptors (Lipinski definition) is 4. The lowest BCUT2D eigenvalue weighted by molar-refractivity contribution is -0.147. The number of ether oxygens (including phenoxy) is 2. The molecular formula is C18H13BrN2O3. The first-order valence-electron chi connectivity index (χ1n) is 7.20. The Balaban J connectivity index is 1.61. The molecule has 0 fully saturated rings. The van der Waals surface area contributed by atoms with Crippen molar-refractivity contribution in [1.29, 1.82) is 5.26 Å². The summed E-state index contributed by atoms with van der Waals surface area (Å²) in [5.74, 6) is 0.0859. The van der Waals surface area contributed by atoms with Crippen LogP contribution in [-0.2, 0) is 16.1 Å². The van der Waals surface area contributed by atoms with E-state index in [1.165, 1.54) is 0 Å². The number of carbonyl (C=O) groups is 1. The second kappa shape index (κ2) is 7.20. The fraction of sp³-hybridized carbons (Fsp3) is 0.111. The summed E-state index contributed by atoms with van der Waals surface area (Å²) in [4.78, 5) is 11.8. The first-order chi connectivity index (χ1) is 11.7. The van der Waals surface area contributed by atoms with E-state index < -0.39 is 5.97 Å². The van der Waals surface area contributed by atoms with Crippen molar-refractivity contribution < 1.29 is 14.3 Å². The summed E-state index contributed by atoms with van der Waals surface area (Å²) in [6.45, 7) is -0.156. The number of nitrogens with zero attached hydrogens (tertiary/aromatic N) is 2. The van der Waals surface area contributed by atoms with Crippen LogP contribution in [0.3, 0.4) is 0 Å². The van der Waals surface area contributed by atoms with Gasteiger partial charge in [-0.05, 0) is 30.3 Å². The molecule has 0 aliphatic heterocycles. The van der Waals surface area contributed by atoms with Crippen LogP contribution in [0.1, 0.15) is 11.1 Å². The van der Waals surface area contributed by atoms with Crippen LogP contribution in [0.5, 0.6) is 5.75 Å². The lowest BCUT2D eigenvalue weighted by atomic mass is 10.2. The maximum absolute atomic E-state index is 11.8. The van der Waals surface area contributed by atoms with Crippen molar-refractivity contribution >= 4 is 27.4 Å². The van der Waals surface area contributed by atoms with Gasteiger partial charge in [0.15, 0.2) is 6.61 Å². The van der Waals surface area contributed by atoms with Crippen LogP contribution in [0.4, 0.5) is 0 Å². The van der Waals surface area contributed by atoms with Crippen LogP contribution in [0.25, 0.3) is 5.52 Å². The number of benzene rings is 1. The maximum Gasteiger partial charge on any atom is 0.344 e.